The van der Waals surface area contributed by atoms with Crippen LogP contribution in [0, 0.1) is 0 Å². The quantitative estimate of drug-likeness (QED) is 0.289. The van der Waals surface area contributed by atoms with E-state index < -0.39 is 0 Å². The third-order valence-electron chi connectivity index (χ3n) is 6.08. The molecule has 0 atom stereocenters. The minimum atomic E-state index is -0.0954. The van der Waals surface area contributed by atoms with Crippen LogP contribution in [0.3, 0.4) is 0 Å². The summed E-state index contributed by atoms with van der Waals surface area (Å²) < 4.78 is 11.6. The van der Waals surface area contributed by atoms with Crippen LogP contribution < -0.4 is 20.1 Å². The molecule has 3 N–H and O–H groups in total. The molecule has 4 aromatic rings. The SMILES string of the molecule is CCCOc1ccc2nc(-c3cccc(OCC(=O)NC4CCCC4)c3)nc(Nc3cn[nH]c3)c2c1. The van der Waals surface area contributed by atoms with Crippen molar-refractivity contribution in [3.8, 4) is 22.9 Å². The molecular weight excluding hydrogens is 456 g/mol. The van der Waals surface area contributed by atoms with E-state index in [0.29, 0.717) is 24.0 Å². The van der Waals surface area contributed by atoms with E-state index in [1.807, 2.05) is 42.5 Å². The predicted octanol–water partition coefficient (Wildman–Crippen LogP) is 4.99. The molecular formula is C27H30N6O3. The second kappa shape index (κ2) is 11.1. The maximum absolute atomic E-state index is 12.3. The van der Waals surface area contributed by atoms with Crippen molar-refractivity contribution in [2.24, 2.45) is 0 Å². The first-order chi connectivity index (χ1) is 17.7. The van der Waals surface area contributed by atoms with E-state index in [4.69, 9.17) is 19.4 Å². The summed E-state index contributed by atoms with van der Waals surface area (Å²) in [6.45, 7) is 2.69. The third-order valence-corrected chi connectivity index (χ3v) is 6.08. The average Bonchev–Trinajstić information content (AvgIpc) is 3.61. The summed E-state index contributed by atoms with van der Waals surface area (Å²) in [6, 6.07) is 13.5. The number of hydrogen-bond donors (Lipinski definition) is 3. The number of aromatic amines is 1. The lowest BCUT2D eigenvalue weighted by Crippen LogP contribution is -2.36. The molecule has 1 amide bonds. The fourth-order valence-electron chi connectivity index (χ4n) is 4.31. The van der Waals surface area contributed by atoms with Crippen molar-refractivity contribution < 1.29 is 14.3 Å². The molecule has 2 aromatic carbocycles. The fourth-order valence-corrected chi connectivity index (χ4v) is 4.31. The van der Waals surface area contributed by atoms with Crippen LogP contribution >= 0.6 is 0 Å². The lowest BCUT2D eigenvalue weighted by Gasteiger charge is -2.13. The number of ether oxygens (including phenoxy) is 2. The summed E-state index contributed by atoms with van der Waals surface area (Å²) in [7, 11) is 0. The molecule has 5 rings (SSSR count). The molecule has 0 unspecified atom stereocenters. The van der Waals surface area contributed by atoms with Gasteiger partial charge in [0.05, 0.1) is 24.0 Å². The van der Waals surface area contributed by atoms with E-state index in [1.54, 1.807) is 12.4 Å². The zero-order chi connectivity index (χ0) is 24.7. The van der Waals surface area contributed by atoms with Crippen LogP contribution in [0.25, 0.3) is 22.3 Å². The number of aromatic nitrogens is 4. The molecule has 0 bridgehead atoms. The summed E-state index contributed by atoms with van der Waals surface area (Å²) in [5, 5.41) is 14.0. The molecule has 0 saturated heterocycles. The van der Waals surface area contributed by atoms with Crippen LogP contribution in [0.2, 0.25) is 0 Å². The summed E-state index contributed by atoms with van der Waals surface area (Å²) in [6.07, 6.45) is 8.80. The van der Waals surface area contributed by atoms with Gasteiger partial charge in [0.2, 0.25) is 0 Å². The zero-order valence-electron chi connectivity index (χ0n) is 20.3. The second-order valence-electron chi connectivity index (χ2n) is 8.90. The van der Waals surface area contributed by atoms with Gasteiger partial charge in [0.1, 0.15) is 17.3 Å². The van der Waals surface area contributed by atoms with Crippen molar-refractivity contribution in [1.82, 2.24) is 25.5 Å². The Morgan fingerprint density at radius 1 is 1.08 bits per heavy atom. The number of fused-ring (bicyclic) bond motifs is 1. The van der Waals surface area contributed by atoms with Gasteiger partial charge >= 0.3 is 0 Å². The number of nitrogens with zero attached hydrogens (tertiary/aromatic N) is 3. The number of amides is 1. The summed E-state index contributed by atoms with van der Waals surface area (Å²) >= 11 is 0. The van der Waals surface area contributed by atoms with Crippen molar-refractivity contribution >= 4 is 28.3 Å². The number of nitrogens with one attached hydrogen (secondary N) is 3. The van der Waals surface area contributed by atoms with Crippen molar-refractivity contribution in [3.05, 3.63) is 54.9 Å². The third kappa shape index (κ3) is 5.73. The molecule has 0 radical (unpaired) electrons. The fraction of sp³-hybridized carbons (Fsp3) is 0.333. The minimum absolute atomic E-state index is 0.0215. The molecule has 2 aromatic heterocycles. The molecule has 0 aliphatic heterocycles. The highest BCUT2D eigenvalue weighted by atomic mass is 16.5. The largest absolute Gasteiger partial charge is 0.494 e. The Balaban J connectivity index is 1.40. The summed E-state index contributed by atoms with van der Waals surface area (Å²) in [5.41, 5.74) is 2.34. The van der Waals surface area contributed by atoms with Crippen LogP contribution in [0.15, 0.2) is 54.9 Å². The molecule has 1 aliphatic rings. The van der Waals surface area contributed by atoms with Crippen LogP contribution in [0.5, 0.6) is 11.5 Å². The van der Waals surface area contributed by atoms with Crippen LogP contribution in [0.4, 0.5) is 11.5 Å². The molecule has 9 heteroatoms. The number of rotatable bonds is 10. The predicted molar refractivity (Wildman–Crippen MR) is 139 cm³/mol. The van der Waals surface area contributed by atoms with Gasteiger partial charge in [0.25, 0.3) is 5.91 Å². The van der Waals surface area contributed by atoms with E-state index in [-0.39, 0.29) is 18.6 Å². The second-order valence-corrected chi connectivity index (χ2v) is 8.90. The Kier molecular flexibility index (Phi) is 7.25. The van der Waals surface area contributed by atoms with Gasteiger partial charge in [0.15, 0.2) is 12.4 Å². The number of hydrogen-bond acceptors (Lipinski definition) is 7. The highest BCUT2D eigenvalue weighted by Gasteiger charge is 2.17. The van der Waals surface area contributed by atoms with Gasteiger partial charge in [-0.15, -0.1) is 0 Å². The van der Waals surface area contributed by atoms with E-state index in [1.165, 1.54) is 12.8 Å². The molecule has 1 fully saturated rings. The van der Waals surface area contributed by atoms with Gasteiger partial charge in [-0.1, -0.05) is 31.9 Å². The Bertz CT molecular complexity index is 1320. The topological polar surface area (TPSA) is 114 Å². The Labute approximate surface area is 209 Å². The Hall–Kier alpha value is -4.14. The van der Waals surface area contributed by atoms with E-state index in [9.17, 15) is 4.79 Å². The van der Waals surface area contributed by atoms with Gasteiger partial charge in [-0.3, -0.25) is 9.89 Å². The van der Waals surface area contributed by atoms with Gasteiger partial charge in [0, 0.05) is 23.2 Å². The Morgan fingerprint density at radius 3 is 2.75 bits per heavy atom. The van der Waals surface area contributed by atoms with E-state index in [2.05, 4.69) is 27.8 Å². The van der Waals surface area contributed by atoms with Gasteiger partial charge < -0.3 is 20.1 Å². The molecule has 186 valence electrons. The lowest BCUT2D eigenvalue weighted by molar-refractivity contribution is -0.123. The lowest BCUT2D eigenvalue weighted by atomic mass is 10.1. The number of carbonyl (C=O) groups excluding carboxylic acids is 1. The maximum Gasteiger partial charge on any atom is 0.258 e. The van der Waals surface area contributed by atoms with Gasteiger partial charge in [-0.25, -0.2) is 9.97 Å². The molecule has 36 heavy (non-hydrogen) atoms. The number of anilines is 2. The smallest absolute Gasteiger partial charge is 0.258 e. The number of carbonyl (C=O) groups is 1. The first-order valence-electron chi connectivity index (χ1n) is 12.4. The van der Waals surface area contributed by atoms with E-state index in [0.717, 1.165) is 47.2 Å². The first kappa shape index (κ1) is 23.6. The maximum atomic E-state index is 12.3. The molecule has 1 aliphatic carbocycles. The normalized spacial score (nSPS) is 13.6. The van der Waals surface area contributed by atoms with Crippen molar-refractivity contribution in [3.63, 3.8) is 0 Å². The van der Waals surface area contributed by atoms with Crippen molar-refractivity contribution in [2.45, 2.75) is 45.1 Å². The monoisotopic (exact) mass is 486 g/mol. The van der Waals surface area contributed by atoms with Crippen LogP contribution in [-0.2, 0) is 4.79 Å². The van der Waals surface area contributed by atoms with E-state index >= 15 is 0 Å². The van der Waals surface area contributed by atoms with Crippen molar-refractivity contribution in [1.29, 1.82) is 0 Å². The minimum Gasteiger partial charge on any atom is -0.494 e. The van der Waals surface area contributed by atoms with Crippen LogP contribution in [0.1, 0.15) is 39.0 Å². The standard InChI is InChI=1S/C27H30N6O3/c1-2-12-35-22-10-11-24-23(14-22)27(31-20-15-28-29-16-20)33-26(32-24)18-6-5-9-21(13-18)36-17-25(34)30-19-7-3-4-8-19/h5-6,9-11,13-16,19H,2-4,7-8,12,17H2,1H3,(H,28,29)(H,30,34)(H,31,32,33). The molecule has 2 heterocycles. The first-order valence-corrected chi connectivity index (χ1v) is 12.4. The van der Waals surface area contributed by atoms with Gasteiger partial charge in [-0.05, 0) is 49.6 Å². The van der Waals surface area contributed by atoms with Crippen LogP contribution in [-0.4, -0.2) is 45.3 Å². The van der Waals surface area contributed by atoms with Gasteiger partial charge in [-0.2, -0.15) is 5.10 Å². The number of H-pyrrole nitrogens is 1. The summed E-state index contributed by atoms with van der Waals surface area (Å²) in [4.78, 5) is 21.9. The zero-order valence-corrected chi connectivity index (χ0v) is 20.3. The highest BCUT2D eigenvalue weighted by molar-refractivity contribution is 5.93. The molecule has 9 nitrogen and oxygen atoms in total. The summed E-state index contributed by atoms with van der Waals surface area (Å²) in [5.74, 6) is 2.44. The van der Waals surface area contributed by atoms with Crippen molar-refractivity contribution in [2.75, 3.05) is 18.5 Å². The number of benzene rings is 2. The highest BCUT2D eigenvalue weighted by Crippen LogP contribution is 2.31. The Morgan fingerprint density at radius 2 is 1.94 bits per heavy atom. The molecule has 0 spiro atoms. The molecule has 1 saturated carbocycles. The average molecular weight is 487 g/mol.